The number of aliphatic hydroxyl groups is 1. The third-order valence-corrected chi connectivity index (χ3v) is 8.42. The summed E-state index contributed by atoms with van der Waals surface area (Å²) in [7, 11) is 0. The van der Waals surface area contributed by atoms with Crippen molar-refractivity contribution in [3.8, 4) is 0 Å². The summed E-state index contributed by atoms with van der Waals surface area (Å²) in [6.07, 6.45) is 0.638. The molecule has 0 aliphatic heterocycles. The first kappa shape index (κ1) is 17.7. The lowest BCUT2D eigenvalue weighted by molar-refractivity contribution is 0.0901. The molecule has 0 aliphatic carbocycles. The van der Waals surface area contributed by atoms with Crippen LogP contribution in [0.2, 0.25) is 0 Å². The standard InChI is InChI=1S/C23H25OP/c1-23(2,24)18-19-25(20-12-6-3-7-13-20,21-14-8-4-9-15-21)22-16-10-5-11-17-22/h3-17,19,24H,18H2,1-2H3. The third-order valence-electron chi connectivity index (χ3n) is 4.36. The largest absolute Gasteiger partial charge is 0.390 e. The predicted molar refractivity (Wildman–Crippen MR) is 112 cm³/mol. The molecule has 1 N–H and O–H groups in total. The fourth-order valence-electron chi connectivity index (χ4n) is 3.11. The molecule has 1 nitrogen and oxygen atoms in total. The minimum atomic E-state index is -1.93. The lowest BCUT2D eigenvalue weighted by Crippen LogP contribution is -2.29. The Morgan fingerprint density at radius 1 is 0.680 bits per heavy atom. The van der Waals surface area contributed by atoms with Crippen molar-refractivity contribution >= 4 is 28.6 Å². The molecule has 0 saturated heterocycles. The van der Waals surface area contributed by atoms with Crippen molar-refractivity contribution in [2.24, 2.45) is 0 Å². The van der Waals surface area contributed by atoms with Gasteiger partial charge in [0, 0.05) is 0 Å². The Morgan fingerprint density at radius 2 is 1.00 bits per heavy atom. The minimum Gasteiger partial charge on any atom is -0.390 e. The molecule has 0 fully saturated rings. The molecule has 3 rings (SSSR count). The molecule has 128 valence electrons. The average molecular weight is 348 g/mol. The van der Waals surface area contributed by atoms with E-state index >= 15 is 0 Å². The van der Waals surface area contributed by atoms with E-state index in [4.69, 9.17) is 0 Å². The van der Waals surface area contributed by atoms with Crippen LogP contribution in [0.5, 0.6) is 0 Å². The van der Waals surface area contributed by atoms with E-state index in [1.54, 1.807) is 0 Å². The number of hydrogen-bond acceptors (Lipinski definition) is 1. The van der Waals surface area contributed by atoms with Gasteiger partial charge in [0.1, 0.15) is 0 Å². The van der Waals surface area contributed by atoms with E-state index in [-0.39, 0.29) is 0 Å². The summed E-state index contributed by atoms with van der Waals surface area (Å²) in [5.41, 5.74) is -0.733. The van der Waals surface area contributed by atoms with Crippen LogP contribution >= 0.6 is 6.89 Å². The van der Waals surface area contributed by atoms with E-state index in [2.05, 4.69) is 96.8 Å². The second-order valence-electron chi connectivity index (χ2n) is 6.93. The van der Waals surface area contributed by atoms with Crippen LogP contribution in [0.3, 0.4) is 0 Å². The van der Waals surface area contributed by atoms with Crippen LogP contribution in [-0.4, -0.2) is 16.5 Å². The number of rotatable bonds is 5. The first-order valence-corrected chi connectivity index (χ1v) is 10.5. The van der Waals surface area contributed by atoms with Crippen LogP contribution in [0.1, 0.15) is 20.3 Å². The highest BCUT2D eigenvalue weighted by molar-refractivity contribution is 7.94. The van der Waals surface area contributed by atoms with Gasteiger partial charge in [0.05, 0.1) is 5.60 Å². The predicted octanol–water partition coefficient (Wildman–Crippen LogP) is 3.94. The van der Waals surface area contributed by atoms with Gasteiger partial charge < -0.3 is 5.11 Å². The minimum absolute atomic E-state index is 0.638. The maximum Gasteiger partial charge on any atom is 0.0626 e. The molecular weight excluding hydrogens is 323 g/mol. The van der Waals surface area contributed by atoms with Gasteiger partial charge in [-0.2, -0.15) is 0 Å². The van der Waals surface area contributed by atoms with Crippen molar-refractivity contribution in [1.82, 2.24) is 0 Å². The molecule has 0 bridgehead atoms. The van der Waals surface area contributed by atoms with Crippen LogP contribution < -0.4 is 15.9 Å². The van der Waals surface area contributed by atoms with E-state index in [9.17, 15) is 5.11 Å². The quantitative estimate of drug-likeness (QED) is 0.693. The first-order valence-electron chi connectivity index (χ1n) is 8.65. The van der Waals surface area contributed by atoms with Crippen LogP contribution in [0.25, 0.3) is 0 Å². The summed E-state index contributed by atoms with van der Waals surface area (Å²) in [4.78, 5) is 0. The van der Waals surface area contributed by atoms with Gasteiger partial charge in [-0.25, -0.2) is 0 Å². The van der Waals surface area contributed by atoms with Gasteiger partial charge in [0.15, 0.2) is 0 Å². The monoisotopic (exact) mass is 348 g/mol. The Kier molecular flexibility index (Phi) is 5.27. The van der Waals surface area contributed by atoms with Gasteiger partial charge in [0.25, 0.3) is 0 Å². The second-order valence-corrected chi connectivity index (χ2v) is 10.3. The van der Waals surface area contributed by atoms with E-state index in [1.165, 1.54) is 15.9 Å². The fourth-order valence-corrected chi connectivity index (χ4v) is 7.29. The van der Waals surface area contributed by atoms with Crippen LogP contribution in [-0.2, 0) is 0 Å². The van der Waals surface area contributed by atoms with Crippen molar-refractivity contribution in [2.45, 2.75) is 25.9 Å². The summed E-state index contributed by atoms with van der Waals surface area (Å²) in [6.45, 7) is 1.81. The van der Waals surface area contributed by atoms with E-state index in [0.29, 0.717) is 6.42 Å². The smallest absolute Gasteiger partial charge is 0.0626 e. The third kappa shape index (κ3) is 3.95. The molecule has 0 saturated carbocycles. The van der Waals surface area contributed by atoms with E-state index in [1.807, 2.05) is 13.8 Å². The highest BCUT2D eigenvalue weighted by Gasteiger charge is 2.25. The summed E-state index contributed by atoms with van der Waals surface area (Å²) < 4.78 is 0. The molecule has 3 aromatic carbocycles. The zero-order valence-corrected chi connectivity index (χ0v) is 15.7. The number of benzene rings is 3. The van der Waals surface area contributed by atoms with E-state index in [0.717, 1.165) is 0 Å². The fraction of sp³-hybridized carbons (Fsp3) is 0.174. The molecule has 0 aromatic heterocycles. The summed E-state index contributed by atoms with van der Waals surface area (Å²) in [5.74, 6) is 2.37. The van der Waals surface area contributed by atoms with Gasteiger partial charge >= 0.3 is 0 Å². The summed E-state index contributed by atoms with van der Waals surface area (Å²) in [6, 6.07) is 32.1. The Morgan fingerprint density at radius 3 is 1.28 bits per heavy atom. The lowest BCUT2D eigenvalue weighted by Gasteiger charge is -2.30. The normalized spacial score (nSPS) is 12.0. The molecule has 0 unspecified atom stereocenters. The highest BCUT2D eigenvalue weighted by atomic mass is 31.2. The van der Waals surface area contributed by atoms with Crippen LogP contribution in [0.15, 0.2) is 91.0 Å². The van der Waals surface area contributed by atoms with Crippen molar-refractivity contribution in [2.75, 3.05) is 0 Å². The Bertz CT molecular complexity index is 743. The zero-order valence-electron chi connectivity index (χ0n) is 14.8. The molecule has 0 spiro atoms. The van der Waals surface area contributed by atoms with Crippen LogP contribution in [0.4, 0.5) is 0 Å². The maximum absolute atomic E-state index is 10.4. The summed E-state index contributed by atoms with van der Waals surface area (Å²) >= 11 is 0. The Balaban J connectivity index is 2.36. The highest BCUT2D eigenvalue weighted by Crippen LogP contribution is 2.44. The van der Waals surface area contributed by atoms with Crippen molar-refractivity contribution in [3.05, 3.63) is 91.0 Å². The van der Waals surface area contributed by atoms with E-state index < -0.39 is 12.5 Å². The maximum atomic E-state index is 10.4. The Labute approximate surface area is 151 Å². The molecule has 2 heteroatoms. The molecule has 3 aromatic rings. The second kappa shape index (κ2) is 7.44. The SMILES string of the molecule is CC(C)(O)CC=P(c1ccccc1)(c1ccccc1)c1ccccc1. The molecule has 25 heavy (non-hydrogen) atoms. The first-order chi connectivity index (χ1) is 12.0. The zero-order chi connectivity index (χ0) is 17.8. The van der Waals surface area contributed by atoms with Gasteiger partial charge in [-0.1, -0.05) is 96.8 Å². The Hall–Kier alpha value is -2.08. The molecule has 0 radical (unpaired) electrons. The van der Waals surface area contributed by atoms with Gasteiger partial charge in [-0.3, -0.25) is 0 Å². The summed E-state index contributed by atoms with van der Waals surface area (Å²) in [5, 5.41) is 14.4. The van der Waals surface area contributed by atoms with Gasteiger partial charge in [-0.15, -0.1) is 0 Å². The lowest BCUT2D eigenvalue weighted by atomic mass is 10.1. The average Bonchev–Trinajstić information content (AvgIpc) is 2.64. The van der Waals surface area contributed by atoms with Crippen LogP contribution in [0, 0.1) is 0 Å². The molecule has 0 aliphatic rings. The van der Waals surface area contributed by atoms with Gasteiger partial charge in [0.2, 0.25) is 0 Å². The van der Waals surface area contributed by atoms with Crippen molar-refractivity contribution < 1.29 is 5.11 Å². The van der Waals surface area contributed by atoms with Crippen molar-refractivity contribution in [1.29, 1.82) is 0 Å². The topological polar surface area (TPSA) is 20.2 Å². The number of hydrogen-bond donors (Lipinski definition) is 1. The molecule has 0 amide bonds. The van der Waals surface area contributed by atoms with Gasteiger partial charge in [-0.05, 0) is 43.1 Å². The molecular formula is C23H25OP. The molecule has 0 atom stereocenters. The molecule has 0 heterocycles. The van der Waals surface area contributed by atoms with Crippen molar-refractivity contribution in [3.63, 3.8) is 0 Å².